The van der Waals surface area contributed by atoms with Crippen LogP contribution in [-0.2, 0) is 23.9 Å². The molecular weight excluding hydrogens is 486 g/mol. The highest BCUT2D eigenvalue weighted by molar-refractivity contribution is 9.10. The van der Waals surface area contributed by atoms with Crippen LogP contribution in [0, 0.1) is 0 Å². The molecule has 0 fully saturated rings. The maximum atomic E-state index is 13.7. The zero-order valence-corrected chi connectivity index (χ0v) is 16.3. The fraction of sp³-hybridized carbons (Fsp3) is 0.353. The van der Waals surface area contributed by atoms with E-state index in [4.69, 9.17) is 0 Å². The van der Waals surface area contributed by atoms with Gasteiger partial charge in [-0.1, -0.05) is 15.9 Å². The van der Waals surface area contributed by atoms with Crippen LogP contribution in [-0.4, -0.2) is 36.6 Å². The molecular formula is C17H11BrF6N4O2. The number of carboxylic acid groups (broad SMARTS) is 1. The fourth-order valence-corrected chi connectivity index (χ4v) is 4.22. The van der Waals surface area contributed by atoms with Gasteiger partial charge >= 0.3 is 12.1 Å². The van der Waals surface area contributed by atoms with Gasteiger partial charge in [-0.25, -0.2) is 22.9 Å². The number of hydrogen-bond donors (Lipinski definition) is 1. The predicted octanol–water partition coefficient (Wildman–Crippen LogP) is 4.52. The predicted molar refractivity (Wildman–Crippen MR) is 94.0 cm³/mol. The van der Waals surface area contributed by atoms with Gasteiger partial charge in [-0.2, -0.15) is 18.3 Å². The molecule has 0 saturated heterocycles. The van der Waals surface area contributed by atoms with Crippen LogP contribution in [0.2, 0.25) is 0 Å². The second-order valence-corrected chi connectivity index (χ2v) is 7.61. The van der Waals surface area contributed by atoms with Crippen LogP contribution in [0.15, 0.2) is 23.1 Å². The number of hydrogen-bond acceptors (Lipinski definition) is 3. The first-order chi connectivity index (χ1) is 14.0. The molecule has 1 aromatic carbocycles. The highest BCUT2D eigenvalue weighted by Crippen LogP contribution is 2.42. The van der Waals surface area contributed by atoms with Crippen molar-refractivity contribution in [1.82, 2.24) is 19.3 Å². The standard InChI is InChI=1S/C17H11BrF6N4O2/c18-9-2-8(17(22,23)24)7-4-28(26-12(7)11(9)15(20)21)14(16(29)30)13-10-1-6(19)3-27(10)5-25-13/h2,4-6,14-15H,1,3H2,(H,29,30). The third kappa shape index (κ3) is 3.24. The molecule has 3 aromatic rings. The summed E-state index contributed by atoms with van der Waals surface area (Å²) in [4.78, 5) is 15.9. The Kier molecular flexibility index (Phi) is 4.83. The van der Waals surface area contributed by atoms with Gasteiger partial charge in [0.1, 0.15) is 11.7 Å². The Hall–Kier alpha value is -2.57. The van der Waals surface area contributed by atoms with E-state index in [1.165, 1.54) is 10.9 Å². The van der Waals surface area contributed by atoms with Crippen LogP contribution < -0.4 is 0 Å². The van der Waals surface area contributed by atoms with E-state index in [1.54, 1.807) is 0 Å². The molecule has 0 aliphatic carbocycles. The van der Waals surface area contributed by atoms with Crippen LogP contribution in [0.4, 0.5) is 26.3 Å². The van der Waals surface area contributed by atoms with E-state index in [9.17, 15) is 36.2 Å². The monoisotopic (exact) mass is 496 g/mol. The Morgan fingerprint density at radius 3 is 2.63 bits per heavy atom. The SMILES string of the molecule is O=C(O)C(c1ncn2c1CC(F)C2)n1cc2c(C(F)(F)F)cc(Br)c(C(F)F)c2n1. The van der Waals surface area contributed by atoms with Crippen molar-refractivity contribution in [2.45, 2.75) is 37.8 Å². The summed E-state index contributed by atoms with van der Waals surface area (Å²) in [7, 11) is 0. The molecule has 0 bridgehead atoms. The van der Waals surface area contributed by atoms with E-state index in [2.05, 4.69) is 26.0 Å². The summed E-state index contributed by atoms with van der Waals surface area (Å²) in [6.45, 7) is -0.0313. The van der Waals surface area contributed by atoms with Gasteiger partial charge in [0.2, 0.25) is 0 Å². The number of nitrogens with zero attached hydrogens (tertiary/aromatic N) is 4. The van der Waals surface area contributed by atoms with Crippen molar-refractivity contribution < 1.29 is 36.2 Å². The molecule has 0 spiro atoms. The van der Waals surface area contributed by atoms with Gasteiger partial charge in [-0.05, 0) is 6.07 Å². The largest absolute Gasteiger partial charge is 0.479 e. The molecule has 2 atom stereocenters. The normalized spacial score (nSPS) is 17.7. The van der Waals surface area contributed by atoms with Gasteiger partial charge < -0.3 is 9.67 Å². The smallest absolute Gasteiger partial charge is 0.417 e. The van der Waals surface area contributed by atoms with Crippen molar-refractivity contribution in [3.8, 4) is 0 Å². The van der Waals surface area contributed by atoms with Crippen LogP contribution in [0.5, 0.6) is 0 Å². The van der Waals surface area contributed by atoms with Crippen LogP contribution in [0.1, 0.15) is 35.0 Å². The van der Waals surface area contributed by atoms with Gasteiger partial charge in [0.25, 0.3) is 6.43 Å². The summed E-state index contributed by atoms with van der Waals surface area (Å²) in [5.41, 5.74) is -2.57. The van der Waals surface area contributed by atoms with Crippen molar-refractivity contribution in [2.24, 2.45) is 0 Å². The number of benzene rings is 1. The highest BCUT2D eigenvalue weighted by Gasteiger charge is 2.38. The van der Waals surface area contributed by atoms with Crippen LogP contribution in [0.25, 0.3) is 10.9 Å². The lowest BCUT2D eigenvalue weighted by Crippen LogP contribution is -2.22. The average Bonchev–Trinajstić information content (AvgIpc) is 3.28. The lowest BCUT2D eigenvalue weighted by atomic mass is 10.1. The molecule has 0 radical (unpaired) electrons. The molecule has 2 aromatic heterocycles. The molecule has 1 aliphatic heterocycles. The number of aromatic nitrogens is 4. The number of carboxylic acids is 1. The van der Waals surface area contributed by atoms with E-state index in [1.807, 2.05) is 0 Å². The van der Waals surface area contributed by atoms with E-state index in [0.29, 0.717) is 10.7 Å². The van der Waals surface area contributed by atoms with Gasteiger partial charge in [-0.3, -0.25) is 4.68 Å². The second kappa shape index (κ2) is 7.00. The third-order valence-electron chi connectivity index (χ3n) is 4.87. The minimum absolute atomic E-state index is 0.0313. The van der Waals surface area contributed by atoms with E-state index in [-0.39, 0.29) is 24.4 Å². The first-order valence-corrected chi connectivity index (χ1v) is 9.25. The molecule has 30 heavy (non-hydrogen) atoms. The summed E-state index contributed by atoms with van der Waals surface area (Å²) >= 11 is 2.72. The zero-order valence-electron chi connectivity index (χ0n) is 14.7. The quantitative estimate of drug-likeness (QED) is 0.539. The summed E-state index contributed by atoms with van der Waals surface area (Å²) in [5, 5.41) is 12.8. The van der Waals surface area contributed by atoms with Crippen molar-refractivity contribution in [3.63, 3.8) is 0 Å². The molecule has 0 saturated carbocycles. The molecule has 1 N–H and O–H groups in total. The number of fused-ring (bicyclic) bond motifs is 2. The van der Waals surface area contributed by atoms with Crippen molar-refractivity contribution >= 4 is 32.8 Å². The average molecular weight is 497 g/mol. The Morgan fingerprint density at radius 1 is 1.33 bits per heavy atom. The molecule has 2 unspecified atom stereocenters. The molecule has 0 amide bonds. The molecule has 6 nitrogen and oxygen atoms in total. The Labute approximate surface area is 172 Å². The number of halogens is 7. The van der Waals surface area contributed by atoms with Gasteiger partial charge in [0, 0.05) is 28.2 Å². The number of imidazole rings is 1. The van der Waals surface area contributed by atoms with Crippen molar-refractivity contribution in [2.75, 3.05) is 0 Å². The van der Waals surface area contributed by atoms with Crippen molar-refractivity contribution in [1.29, 1.82) is 0 Å². The third-order valence-corrected chi connectivity index (χ3v) is 5.53. The number of aliphatic carboxylic acids is 1. The lowest BCUT2D eigenvalue weighted by molar-refractivity contribution is -0.140. The Balaban J connectivity index is 1.96. The number of alkyl halides is 6. The zero-order chi connectivity index (χ0) is 22.0. The highest BCUT2D eigenvalue weighted by atomic mass is 79.9. The first-order valence-electron chi connectivity index (χ1n) is 8.46. The molecule has 4 rings (SSSR count). The summed E-state index contributed by atoms with van der Waals surface area (Å²) in [6.07, 6.45) is -7.47. The van der Waals surface area contributed by atoms with E-state index < -0.39 is 57.3 Å². The number of rotatable bonds is 4. The summed E-state index contributed by atoms with van der Waals surface area (Å²) < 4.78 is 82.7. The maximum Gasteiger partial charge on any atom is 0.417 e. The molecule has 160 valence electrons. The van der Waals surface area contributed by atoms with E-state index in [0.717, 1.165) is 6.20 Å². The topological polar surface area (TPSA) is 72.9 Å². The van der Waals surface area contributed by atoms with E-state index >= 15 is 0 Å². The fourth-order valence-electron chi connectivity index (χ4n) is 3.63. The minimum Gasteiger partial charge on any atom is -0.479 e. The maximum absolute atomic E-state index is 13.7. The first kappa shape index (κ1) is 20.7. The summed E-state index contributed by atoms with van der Waals surface area (Å²) in [6, 6.07) is -1.21. The van der Waals surface area contributed by atoms with Gasteiger partial charge in [0.15, 0.2) is 6.04 Å². The Morgan fingerprint density at radius 2 is 2.03 bits per heavy atom. The molecule has 3 heterocycles. The second-order valence-electron chi connectivity index (χ2n) is 6.76. The van der Waals surface area contributed by atoms with Crippen LogP contribution >= 0.6 is 15.9 Å². The van der Waals surface area contributed by atoms with Crippen LogP contribution in [0.3, 0.4) is 0 Å². The Bertz CT molecular complexity index is 1160. The summed E-state index contributed by atoms with van der Waals surface area (Å²) in [5.74, 6) is -1.53. The van der Waals surface area contributed by atoms with Gasteiger partial charge in [-0.15, -0.1) is 0 Å². The lowest BCUT2D eigenvalue weighted by Gasteiger charge is -2.12. The minimum atomic E-state index is -4.90. The van der Waals surface area contributed by atoms with Crippen molar-refractivity contribution in [3.05, 3.63) is 45.6 Å². The molecule has 1 aliphatic rings. The number of carbonyl (C=O) groups is 1. The van der Waals surface area contributed by atoms with Gasteiger partial charge in [0.05, 0.1) is 29.7 Å². The molecule has 13 heteroatoms.